The van der Waals surface area contributed by atoms with Crippen molar-refractivity contribution >= 4 is 45.8 Å². The summed E-state index contributed by atoms with van der Waals surface area (Å²) in [5, 5.41) is 30.0. The maximum atomic E-state index is 10.1. The third-order valence-corrected chi connectivity index (χ3v) is 4.41. The largest absolute Gasteiger partial charge is 0.388 e. The van der Waals surface area contributed by atoms with E-state index in [0.29, 0.717) is 21.1 Å². The molecule has 6 nitrogen and oxygen atoms in total. The van der Waals surface area contributed by atoms with Crippen LogP contribution in [0.5, 0.6) is 0 Å². The maximum Gasteiger partial charge on any atom is 0.206 e. The van der Waals surface area contributed by atoms with Crippen molar-refractivity contribution in [3.63, 3.8) is 0 Å². The van der Waals surface area contributed by atoms with Crippen molar-refractivity contribution < 1.29 is 20.1 Å². The summed E-state index contributed by atoms with van der Waals surface area (Å²) in [6.45, 7) is -0.139. The molecule has 114 valence electrons. The van der Waals surface area contributed by atoms with Crippen molar-refractivity contribution in [3.05, 3.63) is 27.5 Å². The number of aliphatic hydroxyl groups excluding tert-OH is 3. The zero-order chi connectivity index (χ0) is 15.3. The van der Waals surface area contributed by atoms with Crippen molar-refractivity contribution in [3.8, 4) is 0 Å². The number of ether oxygens (including phenoxy) is 1. The number of imidazole rings is 1. The van der Waals surface area contributed by atoms with Gasteiger partial charge in [-0.15, -0.1) is 0 Å². The van der Waals surface area contributed by atoms with Gasteiger partial charge in [0.1, 0.15) is 18.3 Å². The molecule has 2 aromatic rings. The first kappa shape index (κ1) is 15.3. The van der Waals surface area contributed by atoms with Gasteiger partial charge >= 0.3 is 0 Å². The minimum absolute atomic E-state index is 0.0518. The molecule has 2 heterocycles. The molecule has 9 heteroatoms. The van der Waals surface area contributed by atoms with Gasteiger partial charge < -0.3 is 20.1 Å². The smallest absolute Gasteiger partial charge is 0.206 e. The van der Waals surface area contributed by atoms with E-state index in [1.54, 1.807) is 12.1 Å². The molecule has 0 aliphatic carbocycles. The molecule has 0 saturated carbocycles. The van der Waals surface area contributed by atoms with E-state index in [-0.39, 0.29) is 11.9 Å². The van der Waals surface area contributed by atoms with E-state index in [4.69, 9.17) is 39.5 Å². The number of benzene rings is 1. The number of aromatic nitrogens is 2. The number of hydrogen-bond acceptors (Lipinski definition) is 5. The molecule has 1 aliphatic rings. The highest BCUT2D eigenvalue weighted by Gasteiger charge is 2.40. The summed E-state index contributed by atoms with van der Waals surface area (Å²) >= 11 is 18.0. The molecule has 1 aromatic heterocycles. The van der Waals surface area contributed by atoms with Crippen LogP contribution in [0.15, 0.2) is 12.1 Å². The van der Waals surface area contributed by atoms with Crippen LogP contribution < -0.4 is 0 Å². The lowest BCUT2D eigenvalue weighted by Crippen LogP contribution is -2.50. The summed E-state index contributed by atoms with van der Waals surface area (Å²) in [6.07, 6.45) is -4.86. The lowest BCUT2D eigenvalue weighted by Gasteiger charge is -2.36. The molecule has 0 bridgehead atoms. The third-order valence-electron chi connectivity index (χ3n) is 3.42. The Labute approximate surface area is 134 Å². The Hall–Kier alpha value is -0.600. The van der Waals surface area contributed by atoms with Crippen LogP contribution in [0.25, 0.3) is 11.0 Å². The molecule has 0 spiro atoms. The second-order valence-electron chi connectivity index (χ2n) is 4.78. The van der Waals surface area contributed by atoms with Crippen LogP contribution in [-0.2, 0) is 4.74 Å². The van der Waals surface area contributed by atoms with Gasteiger partial charge in [0.2, 0.25) is 5.28 Å². The molecule has 1 saturated heterocycles. The first-order chi connectivity index (χ1) is 9.90. The fraction of sp³-hybridized carbons (Fsp3) is 0.417. The minimum atomic E-state index is -1.36. The lowest BCUT2D eigenvalue weighted by molar-refractivity contribution is -0.209. The van der Waals surface area contributed by atoms with E-state index in [0.717, 1.165) is 0 Å². The normalized spacial score (nSPS) is 30.0. The molecule has 1 aliphatic heterocycles. The van der Waals surface area contributed by atoms with Crippen LogP contribution in [0, 0.1) is 0 Å². The predicted octanol–water partition coefficient (Wildman–Crippen LogP) is 1.61. The van der Waals surface area contributed by atoms with Gasteiger partial charge in [-0.05, 0) is 23.7 Å². The molecule has 21 heavy (non-hydrogen) atoms. The molecule has 4 atom stereocenters. The monoisotopic (exact) mass is 352 g/mol. The zero-order valence-corrected chi connectivity index (χ0v) is 12.7. The van der Waals surface area contributed by atoms with Gasteiger partial charge in [-0.25, -0.2) is 4.98 Å². The first-order valence-electron chi connectivity index (χ1n) is 6.08. The highest BCUT2D eigenvalue weighted by atomic mass is 35.5. The van der Waals surface area contributed by atoms with E-state index < -0.39 is 24.5 Å². The fourth-order valence-corrected chi connectivity index (χ4v) is 2.92. The molecule has 0 unspecified atom stereocenters. The van der Waals surface area contributed by atoms with Gasteiger partial charge in [0, 0.05) is 0 Å². The summed E-state index contributed by atoms with van der Waals surface area (Å²) in [5.74, 6) is 0. The molecule has 0 amide bonds. The lowest BCUT2D eigenvalue weighted by atomic mass is 10.0. The molecule has 0 radical (unpaired) electrons. The van der Waals surface area contributed by atoms with Crippen molar-refractivity contribution in [2.45, 2.75) is 24.5 Å². The Morgan fingerprint density at radius 2 is 1.76 bits per heavy atom. The quantitative estimate of drug-likeness (QED) is 0.725. The number of hydrogen-bond donors (Lipinski definition) is 3. The summed E-state index contributed by atoms with van der Waals surface area (Å²) < 4.78 is 6.78. The Morgan fingerprint density at radius 3 is 2.48 bits per heavy atom. The van der Waals surface area contributed by atoms with Crippen LogP contribution in [0.4, 0.5) is 0 Å². The number of nitrogens with zero attached hydrogens (tertiary/aromatic N) is 2. The molecular weight excluding hydrogens is 343 g/mol. The standard InChI is InChI=1S/C12H11Cl3N2O4/c13-4-1-6-7(2-5(4)14)17(12(15)16-6)11-10(20)9(19)8(18)3-21-11/h1-2,8-11,18-20H,3H2/t8-,9+,10+,11-/m1/s1. The summed E-state index contributed by atoms with van der Waals surface area (Å²) in [4.78, 5) is 4.12. The van der Waals surface area contributed by atoms with Crippen molar-refractivity contribution in [2.24, 2.45) is 0 Å². The van der Waals surface area contributed by atoms with Crippen molar-refractivity contribution in [1.29, 1.82) is 0 Å². The highest BCUT2D eigenvalue weighted by molar-refractivity contribution is 6.42. The first-order valence-corrected chi connectivity index (χ1v) is 7.22. The van der Waals surface area contributed by atoms with E-state index >= 15 is 0 Å². The Bertz CT molecular complexity index is 693. The third kappa shape index (κ3) is 2.51. The van der Waals surface area contributed by atoms with Crippen molar-refractivity contribution in [2.75, 3.05) is 6.61 Å². The average Bonchev–Trinajstić information content (AvgIpc) is 2.73. The minimum Gasteiger partial charge on any atom is -0.388 e. The number of aliphatic hydroxyl groups is 3. The number of fused-ring (bicyclic) bond motifs is 1. The molecule has 1 fully saturated rings. The van der Waals surface area contributed by atoms with E-state index in [9.17, 15) is 15.3 Å². The summed E-state index contributed by atoms with van der Waals surface area (Å²) in [5.41, 5.74) is 0.979. The highest BCUT2D eigenvalue weighted by Crippen LogP contribution is 2.34. The molecule has 3 rings (SSSR count). The Balaban J connectivity index is 2.12. The fourth-order valence-electron chi connectivity index (χ4n) is 2.32. The van der Waals surface area contributed by atoms with E-state index in [1.165, 1.54) is 4.57 Å². The average molecular weight is 354 g/mol. The van der Waals surface area contributed by atoms with Gasteiger partial charge in [0.25, 0.3) is 0 Å². The van der Waals surface area contributed by atoms with E-state index in [1.807, 2.05) is 0 Å². The summed E-state index contributed by atoms with van der Waals surface area (Å²) in [7, 11) is 0. The Morgan fingerprint density at radius 1 is 1.10 bits per heavy atom. The van der Waals surface area contributed by atoms with Crippen LogP contribution in [-0.4, -0.2) is 49.8 Å². The molecular formula is C12H11Cl3N2O4. The van der Waals surface area contributed by atoms with Crippen LogP contribution in [0.3, 0.4) is 0 Å². The second kappa shape index (κ2) is 5.55. The Kier molecular flexibility index (Phi) is 4.04. The van der Waals surface area contributed by atoms with Gasteiger partial charge in [0.05, 0.1) is 27.7 Å². The van der Waals surface area contributed by atoms with Gasteiger partial charge in [-0.1, -0.05) is 23.2 Å². The van der Waals surface area contributed by atoms with Crippen molar-refractivity contribution in [1.82, 2.24) is 9.55 Å². The predicted molar refractivity (Wildman–Crippen MR) is 77.8 cm³/mol. The summed E-state index contributed by atoms with van der Waals surface area (Å²) in [6, 6.07) is 3.09. The zero-order valence-electron chi connectivity index (χ0n) is 10.4. The topological polar surface area (TPSA) is 87.7 Å². The molecule has 3 N–H and O–H groups in total. The van der Waals surface area contributed by atoms with Crippen LogP contribution >= 0.6 is 34.8 Å². The van der Waals surface area contributed by atoms with Crippen LogP contribution in [0.2, 0.25) is 15.3 Å². The number of rotatable bonds is 1. The second-order valence-corrected chi connectivity index (χ2v) is 5.93. The molecule has 1 aromatic carbocycles. The van der Waals surface area contributed by atoms with Gasteiger partial charge in [-0.2, -0.15) is 0 Å². The number of halogens is 3. The van der Waals surface area contributed by atoms with Gasteiger partial charge in [-0.3, -0.25) is 4.57 Å². The van der Waals surface area contributed by atoms with E-state index in [2.05, 4.69) is 4.98 Å². The SMILES string of the molecule is O[C@@H]1[C@H](O)[C@H](n2c(Cl)nc3cc(Cl)c(Cl)cc32)OC[C@H]1O. The maximum absolute atomic E-state index is 10.1. The van der Waals surface area contributed by atoms with Gasteiger partial charge in [0.15, 0.2) is 6.23 Å². The van der Waals surface area contributed by atoms with Crippen LogP contribution in [0.1, 0.15) is 6.23 Å².